The Morgan fingerprint density at radius 3 is 2.89 bits per heavy atom. The van der Waals surface area contributed by atoms with E-state index in [0.717, 1.165) is 19.4 Å². The maximum absolute atomic E-state index is 12.5. The zero-order chi connectivity index (χ0) is 12.4. The summed E-state index contributed by atoms with van der Waals surface area (Å²) in [7, 11) is 0. The fourth-order valence-electron chi connectivity index (χ4n) is 2.44. The topological polar surface area (TPSA) is 44.8 Å². The molecule has 1 aromatic carbocycles. The summed E-state index contributed by atoms with van der Waals surface area (Å²) >= 11 is 0. The van der Waals surface area contributed by atoms with Gasteiger partial charge in [-0.05, 0) is 25.0 Å². The third kappa shape index (κ3) is 2.08. The molecule has 0 aromatic heterocycles. The zero-order valence-electron chi connectivity index (χ0n) is 10.2. The minimum atomic E-state index is -0.0456. The third-order valence-corrected chi connectivity index (χ3v) is 3.36. The number of hydrogen-bond acceptors (Lipinski definition) is 4. The first-order chi connectivity index (χ1) is 8.86. The Kier molecular flexibility index (Phi) is 3.19. The molecule has 1 saturated heterocycles. The van der Waals surface area contributed by atoms with Gasteiger partial charge in [0.05, 0.1) is 12.2 Å². The highest BCUT2D eigenvalue weighted by molar-refractivity contribution is 6.01. The molecule has 4 heteroatoms. The van der Waals surface area contributed by atoms with Crippen LogP contribution in [0.25, 0.3) is 0 Å². The Morgan fingerprint density at radius 2 is 2.06 bits per heavy atom. The van der Waals surface area contributed by atoms with E-state index in [1.165, 1.54) is 0 Å². The number of ketones is 1. The van der Waals surface area contributed by atoms with E-state index in [9.17, 15) is 4.79 Å². The molecule has 1 fully saturated rings. The van der Waals surface area contributed by atoms with Crippen molar-refractivity contribution in [3.8, 4) is 11.5 Å². The summed E-state index contributed by atoms with van der Waals surface area (Å²) in [6.45, 7) is 2.31. The summed E-state index contributed by atoms with van der Waals surface area (Å²) in [5.74, 6) is 1.33. The number of benzene rings is 1. The van der Waals surface area contributed by atoms with Gasteiger partial charge in [0.1, 0.15) is 13.2 Å². The van der Waals surface area contributed by atoms with Gasteiger partial charge in [-0.25, -0.2) is 0 Å². The number of ether oxygens (including phenoxy) is 3. The van der Waals surface area contributed by atoms with Gasteiger partial charge in [-0.15, -0.1) is 0 Å². The van der Waals surface area contributed by atoms with Crippen LogP contribution in [0.15, 0.2) is 18.2 Å². The van der Waals surface area contributed by atoms with Crippen LogP contribution in [0.3, 0.4) is 0 Å². The predicted octanol–water partition coefficient (Wildman–Crippen LogP) is 2.07. The first-order valence-corrected chi connectivity index (χ1v) is 6.37. The average Bonchev–Trinajstić information content (AvgIpc) is 2.47. The molecule has 0 spiro atoms. The van der Waals surface area contributed by atoms with Crippen molar-refractivity contribution in [1.29, 1.82) is 0 Å². The molecule has 0 aliphatic carbocycles. The number of carbonyl (C=O) groups excluding carboxylic acids is 1. The second-order valence-corrected chi connectivity index (χ2v) is 4.61. The highest BCUT2D eigenvalue weighted by atomic mass is 16.6. The van der Waals surface area contributed by atoms with Gasteiger partial charge in [0, 0.05) is 12.5 Å². The fraction of sp³-hybridized carbons (Fsp3) is 0.500. The van der Waals surface area contributed by atoms with Crippen LogP contribution < -0.4 is 9.47 Å². The lowest BCUT2D eigenvalue weighted by molar-refractivity contribution is 0.0457. The number of hydrogen-bond donors (Lipinski definition) is 0. The van der Waals surface area contributed by atoms with Crippen molar-refractivity contribution in [2.75, 3.05) is 26.4 Å². The highest BCUT2D eigenvalue weighted by Crippen LogP contribution is 2.35. The van der Waals surface area contributed by atoms with E-state index in [1.54, 1.807) is 0 Å². The first-order valence-electron chi connectivity index (χ1n) is 6.37. The summed E-state index contributed by atoms with van der Waals surface area (Å²) in [6.07, 6.45) is 1.84. The highest BCUT2D eigenvalue weighted by Gasteiger charge is 2.27. The van der Waals surface area contributed by atoms with Gasteiger partial charge in [0.25, 0.3) is 0 Å². The van der Waals surface area contributed by atoms with E-state index < -0.39 is 0 Å². The lowest BCUT2D eigenvalue weighted by atomic mass is 9.92. The van der Waals surface area contributed by atoms with Crippen LogP contribution in [-0.2, 0) is 4.74 Å². The maximum atomic E-state index is 12.5. The van der Waals surface area contributed by atoms with Crippen LogP contribution in [0.2, 0.25) is 0 Å². The molecule has 3 rings (SSSR count). The van der Waals surface area contributed by atoms with E-state index in [-0.39, 0.29) is 11.7 Å². The monoisotopic (exact) mass is 248 g/mol. The zero-order valence-corrected chi connectivity index (χ0v) is 10.2. The molecule has 0 N–H and O–H groups in total. The van der Waals surface area contributed by atoms with Crippen LogP contribution in [-0.4, -0.2) is 32.2 Å². The molecular formula is C14H16O4. The van der Waals surface area contributed by atoms with Gasteiger partial charge in [0.15, 0.2) is 17.3 Å². The Bertz CT molecular complexity index is 449. The van der Waals surface area contributed by atoms with Gasteiger partial charge < -0.3 is 14.2 Å². The molecule has 0 saturated carbocycles. The molecule has 0 amide bonds. The maximum Gasteiger partial charge on any atom is 0.172 e. The summed E-state index contributed by atoms with van der Waals surface area (Å²) in [5, 5.41) is 0. The Balaban J connectivity index is 1.89. The molecule has 4 nitrogen and oxygen atoms in total. The molecule has 0 bridgehead atoms. The largest absolute Gasteiger partial charge is 0.486 e. The molecule has 18 heavy (non-hydrogen) atoms. The molecule has 0 radical (unpaired) electrons. The van der Waals surface area contributed by atoms with Gasteiger partial charge in [-0.3, -0.25) is 4.79 Å². The Labute approximate surface area is 106 Å². The van der Waals surface area contributed by atoms with Crippen molar-refractivity contribution in [3.63, 3.8) is 0 Å². The minimum absolute atomic E-state index is 0.0456. The number of rotatable bonds is 2. The minimum Gasteiger partial charge on any atom is -0.486 e. The van der Waals surface area contributed by atoms with Crippen LogP contribution in [0.1, 0.15) is 23.2 Å². The summed E-state index contributed by atoms with van der Waals surface area (Å²) < 4.78 is 16.4. The van der Waals surface area contributed by atoms with Crippen LogP contribution in [0.5, 0.6) is 11.5 Å². The third-order valence-electron chi connectivity index (χ3n) is 3.36. The van der Waals surface area contributed by atoms with Gasteiger partial charge >= 0.3 is 0 Å². The second kappa shape index (κ2) is 4.98. The molecule has 2 aliphatic rings. The van der Waals surface area contributed by atoms with Crippen molar-refractivity contribution in [1.82, 2.24) is 0 Å². The smallest absolute Gasteiger partial charge is 0.172 e. The van der Waals surface area contributed by atoms with Crippen molar-refractivity contribution < 1.29 is 19.0 Å². The van der Waals surface area contributed by atoms with E-state index in [2.05, 4.69) is 0 Å². The van der Waals surface area contributed by atoms with Crippen molar-refractivity contribution in [2.45, 2.75) is 12.8 Å². The lowest BCUT2D eigenvalue weighted by Gasteiger charge is -2.24. The molecular weight excluding hydrogens is 232 g/mol. The van der Waals surface area contributed by atoms with E-state index in [0.29, 0.717) is 36.9 Å². The van der Waals surface area contributed by atoms with Crippen molar-refractivity contribution in [3.05, 3.63) is 23.8 Å². The molecule has 1 aromatic rings. The standard InChI is InChI=1S/C14H16O4/c15-13(10-3-2-6-16-9-10)11-4-1-5-12-14(11)18-8-7-17-12/h1,4-5,10H,2-3,6-9H2. The first kappa shape index (κ1) is 11.5. The average molecular weight is 248 g/mol. The van der Waals surface area contributed by atoms with Gasteiger partial charge in [-0.1, -0.05) is 6.07 Å². The Morgan fingerprint density at radius 1 is 1.17 bits per heavy atom. The second-order valence-electron chi connectivity index (χ2n) is 4.61. The molecule has 1 unspecified atom stereocenters. The molecule has 96 valence electrons. The summed E-state index contributed by atoms with van der Waals surface area (Å²) in [4.78, 5) is 12.5. The number of carbonyl (C=O) groups is 1. The SMILES string of the molecule is O=C(c1cccc2c1OCCO2)C1CCCOC1. The van der Waals surface area contributed by atoms with Gasteiger partial charge in [0.2, 0.25) is 0 Å². The van der Waals surface area contributed by atoms with E-state index in [4.69, 9.17) is 14.2 Å². The number of para-hydroxylation sites is 1. The summed E-state index contributed by atoms with van der Waals surface area (Å²) in [6, 6.07) is 5.48. The molecule has 1 atom stereocenters. The van der Waals surface area contributed by atoms with Crippen LogP contribution in [0.4, 0.5) is 0 Å². The Hall–Kier alpha value is -1.55. The quantitative estimate of drug-likeness (QED) is 0.751. The summed E-state index contributed by atoms with van der Waals surface area (Å²) in [5.41, 5.74) is 0.628. The lowest BCUT2D eigenvalue weighted by Crippen LogP contribution is -2.26. The number of fused-ring (bicyclic) bond motifs is 1. The number of Topliss-reactive ketones (excluding diaryl/α,β-unsaturated/α-hetero) is 1. The molecule has 2 aliphatic heterocycles. The van der Waals surface area contributed by atoms with Crippen LogP contribution >= 0.6 is 0 Å². The van der Waals surface area contributed by atoms with Crippen molar-refractivity contribution in [2.24, 2.45) is 5.92 Å². The van der Waals surface area contributed by atoms with E-state index >= 15 is 0 Å². The predicted molar refractivity (Wildman–Crippen MR) is 65.3 cm³/mol. The fourth-order valence-corrected chi connectivity index (χ4v) is 2.44. The van der Waals surface area contributed by atoms with Gasteiger partial charge in [-0.2, -0.15) is 0 Å². The normalized spacial score (nSPS) is 22.6. The van der Waals surface area contributed by atoms with Crippen molar-refractivity contribution >= 4 is 5.78 Å². The van der Waals surface area contributed by atoms with Crippen LogP contribution in [0, 0.1) is 5.92 Å². The molecule has 2 heterocycles. The van der Waals surface area contributed by atoms with E-state index in [1.807, 2.05) is 18.2 Å².